The van der Waals surface area contributed by atoms with Crippen LogP contribution in [0.5, 0.6) is 0 Å². The first-order chi connectivity index (χ1) is 9.95. The van der Waals surface area contributed by atoms with Gasteiger partial charge in [0.25, 0.3) is 0 Å². The van der Waals surface area contributed by atoms with Crippen LogP contribution in [0.15, 0.2) is 47.4 Å². The molecular weight excluding hydrogens is 298 g/mol. The molecule has 1 amide bonds. The third-order valence-electron chi connectivity index (χ3n) is 2.61. The van der Waals surface area contributed by atoms with Crippen molar-refractivity contribution in [3.63, 3.8) is 0 Å². The number of halogens is 2. The minimum Gasteiger partial charge on any atom is -0.396 e. The number of nitrogens with one attached hydrogen (secondary N) is 1. The summed E-state index contributed by atoms with van der Waals surface area (Å²) in [5.74, 6) is -2.10. The van der Waals surface area contributed by atoms with E-state index >= 15 is 0 Å². The maximum Gasteiger partial charge on any atom is 0.237 e. The monoisotopic (exact) mass is 310 g/mol. The second-order valence-electron chi connectivity index (χ2n) is 4.23. The van der Waals surface area contributed by atoms with Gasteiger partial charge < -0.3 is 11.1 Å². The molecule has 1 atom stereocenters. The summed E-state index contributed by atoms with van der Waals surface area (Å²) in [6.45, 7) is 0. The molecular formula is C14H12F2N2O2S. The summed E-state index contributed by atoms with van der Waals surface area (Å²) < 4.78 is 38.2. The number of hydrogen-bond donors (Lipinski definition) is 2. The number of benzene rings is 2. The second-order valence-corrected chi connectivity index (χ2v) is 5.68. The Kier molecular flexibility index (Phi) is 4.64. The van der Waals surface area contributed by atoms with Gasteiger partial charge in [-0.3, -0.25) is 9.00 Å². The minimum absolute atomic E-state index is 0.0556. The van der Waals surface area contributed by atoms with Gasteiger partial charge in [0.1, 0.15) is 17.4 Å². The Hall–Kier alpha value is -2.28. The quantitative estimate of drug-likeness (QED) is 0.851. The van der Waals surface area contributed by atoms with Gasteiger partial charge in [0.05, 0.1) is 16.5 Å². The lowest BCUT2D eigenvalue weighted by molar-refractivity contribution is -0.113. The van der Waals surface area contributed by atoms with E-state index in [1.54, 1.807) is 0 Å². The molecule has 0 aromatic heterocycles. The molecule has 0 fully saturated rings. The highest BCUT2D eigenvalue weighted by molar-refractivity contribution is 7.85. The summed E-state index contributed by atoms with van der Waals surface area (Å²) in [4.78, 5) is 11.9. The number of carbonyl (C=O) groups is 1. The Bertz CT molecular complexity index is 707. The molecule has 0 aliphatic rings. The standard InChI is InChI=1S/C14H12F2N2O2S/c15-9-2-1-3-10(6-9)18-14(19)8-21(20)11-4-5-13(17)12(16)7-11/h1-7H,8,17H2,(H,18,19). The van der Waals surface area contributed by atoms with Crippen molar-refractivity contribution >= 4 is 28.1 Å². The van der Waals surface area contributed by atoms with Gasteiger partial charge >= 0.3 is 0 Å². The maximum atomic E-state index is 13.3. The van der Waals surface area contributed by atoms with Crippen molar-refractivity contribution in [2.75, 3.05) is 16.8 Å². The van der Waals surface area contributed by atoms with Crippen LogP contribution in [0.2, 0.25) is 0 Å². The first-order valence-corrected chi connectivity index (χ1v) is 7.26. The highest BCUT2D eigenvalue weighted by atomic mass is 32.2. The number of amides is 1. The van der Waals surface area contributed by atoms with E-state index in [4.69, 9.17) is 5.73 Å². The Morgan fingerprint density at radius 2 is 1.95 bits per heavy atom. The Labute approximate surface area is 122 Å². The van der Waals surface area contributed by atoms with E-state index < -0.39 is 28.3 Å². The van der Waals surface area contributed by atoms with Gasteiger partial charge in [-0.05, 0) is 36.4 Å². The molecule has 0 saturated heterocycles. The summed E-state index contributed by atoms with van der Waals surface area (Å²) in [5.41, 5.74) is 5.53. The summed E-state index contributed by atoms with van der Waals surface area (Å²) in [7, 11) is -1.71. The summed E-state index contributed by atoms with van der Waals surface area (Å²) in [5, 5.41) is 2.42. The smallest absolute Gasteiger partial charge is 0.237 e. The molecule has 2 rings (SSSR count). The van der Waals surface area contributed by atoms with E-state index in [2.05, 4.69) is 5.32 Å². The molecule has 0 bridgehead atoms. The fourth-order valence-corrected chi connectivity index (χ4v) is 2.55. The Balaban J connectivity index is 2.02. The third kappa shape index (κ3) is 4.09. The van der Waals surface area contributed by atoms with Gasteiger partial charge in [-0.2, -0.15) is 0 Å². The molecule has 21 heavy (non-hydrogen) atoms. The van der Waals surface area contributed by atoms with Gasteiger partial charge in [0.2, 0.25) is 5.91 Å². The van der Waals surface area contributed by atoms with Gasteiger partial charge in [0, 0.05) is 10.6 Å². The number of carbonyl (C=O) groups excluding carboxylic acids is 1. The van der Waals surface area contributed by atoms with Crippen LogP contribution in [0.4, 0.5) is 20.2 Å². The second kappa shape index (κ2) is 6.45. The van der Waals surface area contributed by atoms with Crippen LogP contribution in [0.3, 0.4) is 0 Å². The van der Waals surface area contributed by atoms with E-state index in [1.165, 1.54) is 30.3 Å². The van der Waals surface area contributed by atoms with Crippen LogP contribution in [0, 0.1) is 11.6 Å². The zero-order valence-electron chi connectivity index (χ0n) is 10.8. The zero-order chi connectivity index (χ0) is 15.4. The first kappa shape index (κ1) is 15.1. The van der Waals surface area contributed by atoms with Crippen molar-refractivity contribution in [1.82, 2.24) is 0 Å². The average molecular weight is 310 g/mol. The van der Waals surface area contributed by atoms with E-state index in [0.29, 0.717) is 0 Å². The molecule has 2 aromatic carbocycles. The van der Waals surface area contributed by atoms with Crippen molar-refractivity contribution < 1.29 is 17.8 Å². The summed E-state index contributed by atoms with van der Waals surface area (Å²) >= 11 is 0. The Morgan fingerprint density at radius 3 is 2.62 bits per heavy atom. The molecule has 110 valence electrons. The van der Waals surface area contributed by atoms with Crippen LogP contribution < -0.4 is 11.1 Å². The van der Waals surface area contributed by atoms with Crippen molar-refractivity contribution in [2.45, 2.75) is 4.90 Å². The van der Waals surface area contributed by atoms with Crippen LogP contribution in [-0.2, 0) is 15.6 Å². The van der Waals surface area contributed by atoms with Crippen LogP contribution in [-0.4, -0.2) is 15.9 Å². The maximum absolute atomic E-state index is 13.3. The number of nitrogens with two attached hydrogens (primary N) is 1. The predicted molar refractivity (Wildman–Crippen MR) is 77.1 cm³/mol. The molecule has 7 heteroatoms. The number of anilines is 2. The fraction of sp³-hybridized carbons (Fsp3) is 0.0714. The van der Waals surface area contributed by atoms with E-state index in [9.17, 15) is 17.8 Å². The SMILES string of the molecule is Nc1ccc(S(=O)CC(=O)Nc2cccc(F)c2)cc1F. The predicted octanol–water partition coefficient (Wildman–Crippen LogP) is 2.29. The Morgan fingerprint density at radius 1 is 1.19 bits per heavy atom. The fourth-order valence-electron chi connectivity index (χ4n) is 1.62. The first-order valence-electron chi connectivity index (χ1n) is 5.94. The normalized spacial score (nSPS) is 11.9. The zero-order valence-corrected chi connectivity index (χ0v) is 11.6. The van der Waals surface area contributed by atoms with E-state index in [1.807, 2.05) is 0 Å². The minimum atomic E-state index is -1.71. The number of rotatable bonds is 4. The van der Waals surface area contributed by atoms with Gasteiger partial charge in [-0.1, -0.05) is 6.07 Å². The average Bonchev–Trinajstić information content (AvgIpc) is 2.41. The van der Waals surface area contributed by atoms with Crippen molar-refractivity contribution in [1.29, 1.82) is 0 Å². The topological polar surface area (TPSA) is 72.2 Å². The number of hydrogen-bond acceptors (Lipinski definition) is 3. The molecule has 3 N–H and O–H groups in total. The highest BCUT2D eigenvalue weighted by Crippen LogP contribution is 2.15. The molecule has 1 unspecified atom stereocenters. The molecule has 4 nitrogen and oxygen atoms in total. The van der Waals surface area contributed by atoms with E-state index in [0.717, 1.165) is 12.1 Å². The molecule has 0 aliphatic heterocycles. The van der Waals surface area contributed by atoms with Crippen LogP contribution in [0.1, 0.15) is 0 Å². The van der Waals surface area contributed by atoms with Crippen molar-refractivity contribution in [3.05, 3.63) is 54.1 Å². The third-order valence-corrected chi connectivity index (χ3v) is 3.91. The molecule has 0 saturated carbocycles. The number of nitrogen functional groups attached to an aromatic ring is 1. The largest absolute Gasteiger partial charge is 0.396 e. The summed E-state index contributed by atoms with van der Waals surface area (Å²) in [6.07, 6.45) is 0. The molecule has 0 radical (unpaired) electrons. The lowest BCUT2D eigenvalue weighted by atomic mass is 10.3. The van der Waals surface area contributed by atoms with Gasteiger partial charge in [0.15, 0.2) is 0 Å². The van der Waals surface area contributed by atoms with Crippen LogP contribution >= 0.6 is 0 Å². The molecule has 0 heterocycles. The van der Waals surface area contributed by atoms with Crippen LogP contribution in [0.25, 0.3) is 0 Å². The van der Waals surface area contributed by atoms with Gasteiger partial charge in [-0.15, -0.1) is 0 Å². The summed E-state index contributed by atoms with van der Waals surface area (Å²) in [6, 6.07) is 9.04. The lowest BCUT2D eigenvalue weighted by Gasteiger charge is -2.06. The van der Waals surface area contributed by atoms with Crippen molar-refractivity contribution in [2.24, 2.45) is 0 Å². The van der Waals surface area contributed by atoms with Gasteiger partial charge in [-0.25, -0.2) is 8.78 Å². The molecule has 2 aromatic rings. The highest BCUT2D eigenvalue weighted by Gasteiger charge is 2.12. The molecule has 0 aliphatic carbocycles. The lowest BCUT2D eigenvalue weighted by Crippen LogP contribution is -2.19. The van der Waals surface area contributed by atoms with Crippen molar-refractivity contribution in [3.8, 4) is 0 Å². The molecule has 0 spiro atoms. The van der Waals surface area contributed by atoms with E-state index in [-0.39, 0.29) is 22.0 Å².